The fraction of sp³-hybridized carbons (Fsp3) is 0.238. The van der Waals surface area contributed by atoms with Crippen molar-refractivity contribution in [3.63, 3.8) is 0 Å². The van der Waals surface area contributed by atoms with Gasteiger partial charge >= 0.3 is 0 Å². The standard InChI is InChI=1S/C21H20N2O4/c1-13-3-6-16(7-4-13)21-23-17(14(2)27-21)10-20(24)22-11-15-5-8-18-19(9-15)26-12-25-18/h3-9H,10-12H2,1-2H3,(H,22,24). The van der Waals surface area contributed by atoms with E-state index < -0.39 is 0 Å². The van der Waals surface area contributed by atoms with Crippen molar-refractivity contribution >= 4 is 5.91 Å². The van der Waals surface area contributed by atoms with Crippen LogP contribution >= 0.6 is 0 Å². The van der Waals surface area contributed by atoms with Gasteiger partial charge in [-0.3, -0.25) is 4.79 Å². The maximum atomic E-state index is 12.3. The van der Waals surface area contributed by atoms with E-state index >= 15 is 0 Å². The second-order valence-electron chi connectivity index (χ2n) is 6.53. The van der Waals surface area contributed by atoms with Gasteiger partial charge in [0.15, 0.2) is 11.5 Å². The second kappa shape index (κ2) is 7.15. The number of fused-ring (bicyclic) bond motifs is 1. The molecular formula is C21H20N2O4. The van der Waals surface area contributed by atoms with Crippen LogP contribution in [0.5, 0.6) is 11.5 Å². The van der Waals surface area contributed by atoms with Gasteiger partial charge in [0.05, 0.1) is 12.1 Å². The number of nitrogens with zero attached hydrogens (tertiary/aromatic N) is 1. The average molecular weight is 364 g/mol. The van der Waals surface area contributed by atoms with Crippen LogP contribution in [0.1, 0.15) is 22.6 Å². The van der Waals surface area contributed by atoms with Crippen molar-refractivity contribution in [3.8, 4) is 23.0 Å². The summed E-state index contributed by atoms with van der Waals surface area (Å²) in [4.78, 5) is 16.8. The lowest BCUT2D eigenvalue weighted by molar-refractivity contribution is -0.120. The molecule has 138 valence electrons. The van der Waals surface area contributed by atoms with Crippen LogP contribution in [0.15, 0.2) is 46.9 Å². The maximum Gasteiger partial charge on any atom is 0.231 e. The first-order valence-corrected chi connectivity index (χ1v) is 8.77. The Morgan fingerprint density at radius 3 is 2.67 bits per heavy atom. The molecular weight excluding hydrogens is 344 g/mol. The van der Waals surface area contributed by atoms with Crippen molar-refractivity contribution in [3.05, 3.63) is 65.0 Å². The molecule has 0 unspecified atom stereocenters. The van der Waals surface area contributed by atoms with Crippen LogP contribution in [-0.4, -0.2) is 17.7 Å². The molecule has 1 N–H and O–H groups in total. The van der Waals surface area contributed by atoms with Crippen molar-refractivity contribution in [2.45, 2.75) is 26.8 Å². The molecule has 3 aromatic rings. The fourth-order valence-electron chi connectivity index (χ4n) is 2.88. The van der Waals surface area contributed by atoms with Crippen LogP contribution in [-0.2, 0) is 17.8 Å². The molecule has 2 heterocycles. The SMILES string of the molecule is Cc1ccc(-c2nc(CC(=O)NCc3ccc4c(c3)OCO4)c(C)o2)cc1. The monoisotopic (exact) mass is 364 g/mol. The number of hydrogen-bond donors (Lipinski definition) is 1. The fourth-order valence-corrected chi connectivity index (χ4v) is 2.88. The summed E-state index contributed by atoms with van der Waals surface area (Å²) in [5, 5.41) is 2.91. The number of rotatable bonds is 5. The number of carbonyl (C=O) groups is 1. The topological polar surface area (TPSA) is 73.6 Å². The van der Waals surface area contributed by atoms with Crippen LogP contribution in [0, 0.1) is 13.8 Å². The van der Waals surface area contributed by atoms with Gasteiger partial charge in [0, 0.05) is 12.1 Å². The molecule has 1 aliphatic heterocycles. The zero-order valence-corrected chi connectivity index (χ0v) is 15.2. The van der Waals surface area contributed by atoms with E-state index in [2.05, 4.69) is 10.3 Å². The lowest BCUT2D eigenvalue weighted by Crippen LogP contribution is -2.24. The number of oxazole rings is 1. The third-order valence-corrected chi connectivity index (χ3v) is 4.45. The molecule has 1 aromatic heterocycles. The molecule has 1 amide bonds. The maximum absolute atomic E-state index is 12.3. The largest absolute Gasteiger partial charge is 0.454 e. The molecule has 2 aromatic carbocycles. The summed E-state index contributed by atoms with van der Waals surface area (Å²) in [5.41, 5.74) is 3.67. The Labute approximate surface area is 157 Å². The molecule has 0 spiro atoms. The molecule has 0 atom stereocenters. The lowest BCUT2D eigenvalue weighted by atomic mass is 10.1. The van der Waals surface area contributed by atoms with Gasteiger partial charge in [-0.05, 0) is 43.7 Å². The highest BCUT2D eigenvalue weighted by Crippen LogP contribution is 2.32. The zero-order chi connectivity index (χ0) is 18.8. The normalized spacial score (nSPS) is 12.2. The minimum atomic E-state index is -0.112. The molecule has 0 saturated heterocycles. The summed E-state index contributed by atoms with van der Waals surface area (Å²) in [6.07, 6.45) is 0.172. The quantitative estimate of drug-likeness (QED) is 0.749. The minimum Gasteiger partial charge on any atom is -0.454 e. The van der Waals surface area contributed by atoms with E-state index in [0.717, 1.165) is 16.9 Å². The summed E-state index contributed by atoms with van der Waals surface area (Å²) < 4.78 is 16.4. The number of nitrogens with one attached hydrogen (secondary N) is 1. The van der Waals surface area contributed by atoms with E-state index in [-0.39, 0.29) is 19.1 Å². The van der Waals surface area contributed by atoms with Crippen LogP contribution in [0.2, 0.25) is 0 Å². The Morgan fingerprint density at radius 1 is 1.07 bits per heavy atom. The predicted octanol–water partition coefficient (Wildman–Crippen LogP) is 3.55. The summed E-state index contributed by atoms with van der Waals surface area (Å²) >= 11 is 0. The van der Waals surface area contributed by atoms with Crippen LogP contribution < -0.4 is 14.8 Å². The molecule has 0 radical (unpaired) electrons. The molecule has 6 heteroatoms. The van der Waals surface area contributed by atoms with Gasteiger partial charge in [-0.2, -0.15) is 0 Å². The highest BCUT2D eigenvalue weighted by molar-refractivity contribution is 5.78. The van der Waals surface area contributed by atoms with Gasteiger partial charge in [0.1, 0.15) is 5.76 Å². The number of benzene rings is 2. The summed E-state index contributed by atoms with van der Waals surface area (Å²) in [6, 6.07) is 13.6. The van der Waals surface area contributed by atoms with E-state index in [1.54, 1.807) is 0 Å². The van der Waals surface area contributed by atoms with Crippen LogP contribution in [0.25, 0.3) is 11.5 Å². The van der Waals surface area contributed by atoms with Crippen molar-refractivity contribution in [2.75, 3.05) is 6.79 Å². The van der Waals surface area contributed by atoms with Crippen molar-refractivity contribution < 1.29 is 18.7 Å². The summed E-state index contributed by atoms with van der Waals surface area (Å²) in [5.74, 6) is 2.51. The number of ether oxygens (including phenoxy) is 2. The van der Waals surface area contributed by atoms with E-state index in [9.17, 15) is 4.79 Å². The highest BCUT2D eigenvalue weighted by Gasteiger charge is 2.16. The summed E-state index contributed by atoms with van der Waals surface area (Å²) in [6.45, 7) is 4.50. The highest BCUT2D eigenvalue weighted by atomic mass is 16.7. The molecule has 0 bridgehead atoms. The van der Waals surface area contributed by atoms with E-state index in [4.69, 9.17) is 13.9 Å². The molecule has 0 saturated carbocycles. The smallest absolute Gasteiger partial charge is 0.231 e. The average Bonchev–Trinajstić information content (AvgIpc) is 3.27. The van der Waals surface area contributed by atoms with Crippen molar-refractivity contribution in [1.29, 1.82) is 0 Å². The van der Waals surface area contributed by atoms with Crippen LogP contribution in [0.4, 0.5) is 0 Å². The number of aryl methyl sites for hydroxylation is 2. The first-order valence-electron chi connectivity index (χ1n) is 8.77. The van der Waals surface area contributed by atoms with Gasteiger partial charge in [0.2, 0.25) is 18.6 Å². The molecule has 6 nitrogen and oxygen atoms in total. The Bertz CT molecular complexity index is 976. The summed E-state index contributed by atoms with van der Waals surface area (Å²) in [7, 11) is 0. The zero-order valence-electron chi connectivity index (χ0n) is 15.2. The minimum absolute atomic E-state index is 0.112. The Morgan fingerprint density at radius 2 is 1.85 bits per heavy atom. The van der Waals surface area contributed by atoms with Crippen LogP contribution in [0.3, 0.4) is 0 Å². The van der Waals surface area contributed by atoms with E-state index in [1.807, 2.05) is 56.3 Å². The first kappa shape index (κ1) is 17.1. The van der Waals surface area contributed by atoms with Gasteiger partial charge in [0.25, 0.3) is 0 Å². The number of hydrogen-bond acceptors (Lipinski definition) is 5. The molecule has 1 aliphatic rings. The Kier molecular flexibility index (Phi) is 4.54. The molecule has 0 fully saturated rings. The van der Waals surface area contributed by atoms with Gasteiger partial charge in [-0.1, -0.05) is 23.8 Å². The van der Waals surface area contributed by atoms with Crippen molar-refractivity contribution in [2.24, 2.45) is 0 Å². The second-order valence-corrected chi connectivity index (χ2v) is 6.53. The van der Waals surface area contributed by atoms with E-state index in [1.165, 1.54) is 5.56 Å². The number of carbonyl (C=O) groups excluding carboxylic acids is 1. The predicted molar refractivity (Wildman–Crippen MR) is 99.5 cm³/mol. The Balaban J connectivity index is 1.39. The first-order chi connectivity index (χ1) is 13.1. The Hall–Kier alpha value is -3.28. The van der Waals surface area contributed by atoms with E-state index in [0.29, 0.717) is 29.6 Å². The van der Waals surface area contributed by atoms with Gasteiger partial charge in [-0.25, -0.2) is 4.98 Å². The number of aromatic nitrogens is 1. The molecule has 4 rings (SSSR count). The van der Waals surface area contributed by atoms with Crippen molar-refractivity contribution in [1.82, 2.24) is 10.3 Å². The molecule has 0 aliphatic carbocycles. The van der Waals surface area contributed by atoms with Gasteiger partial charge < -0.3 is 19.2 Å². The molecule has 27 heavy (non-hydrogen) atoms. The number of amides is 1. The lowest BCUT2D eigenvalue weighted by Gasteiger charge is -2.05. The van der Waals surface area contributed by atoms with Gasteiger partial charge in [-0.15, -0.1) is 0 Å². The third kappa shape index (κ3) is 3.79. The third-order valence-electron chi connectivity index (χ3n) is 4.45.